The Kier molecular flexibility index (Phi) is 5.61. The van der Waals surface area contributed by atoms with Crippen LogP contribution in [0.4, 0.5) is 0 Å². The second kappa shape index (κ2) is 7.94. The highest BCUT2D eigenvalue weighted by atomic mass is 32.1. The third-order valence-corrected chi connectivity index (χ3v) is 4.75. The smallest absolute Gasteiger partial charge is 0.216 e. The summed E-state index contributed by atoms with van der Waals surface area (Å²) in [7, 11) is 0. The van der Waals surface area contributed by atoms with Crippen LogP contribution in [0.5, 0.6) is 5.75 Å². The minimum absolute atomic E-state index is 0.0788. The Morgan fingerprint density at radius 2 is 1.93 bits per heavy atom. The molecule has 0 spiro atoms. The topological polar surface area (TPSA) is 66.2 Å². The van der Waals surface area contributed by atoms with Crippen LogP contribution >= 0.6 is 12.2 Å². The number of H-pyrrole nitrogens is 1. The largest absolute Gasteiger partial charge is 0.507 e. The molecule has 1 aromatic heterocycles. The van der Waals surface area contributed by atoms with Crippen molar-refractivity contribution in [3.63, 3.8) is 0 Å². The summed E-state index contributed by atoms with van der Waals surface area (Å²) in [5, 5.41) is 22.0. The van der Waals surface area contributed by atoms with Crippen molar-refractivity contribution in [3.05, 3.63) is 76.6 Å². The quantitative estimate of drug-likeness (QED) is 0.355. The molecule has 0 saturated carbocycles. The number of nitrogens with zero attached hydrogens (tertiary/aromatic N) is 3. The number of phenols is 1. The molecular formula is C22H24N4OS. The number of rotatable bonds is 5. The summed E-state index contributed by atoms with van der Waals surface area (Å²) in [5.41, 5.74) is 3.63. The maximum atomic E-state index is 10.4. The molecule has 0 atom stereocenters. The van der Waals surface area contributed by atoms with E-state index in [0.29, 0.717) is 22.6 Å². The molecule has 6 heteroatoms. The van der Waals surface area contributed by atoms with Gasteiger partial charge >= 0.3 is 0 Å². The second-order valence-corrected chi connectivity index (χ2v) is 7.97. The highest BCUT2D eigenvalue weighted by Gasteiger charge is 2.15. The lowest BCUT2D eigenvalue weighted by molar-refractivity contribution is 0.469. The summed E-state index contributed by atoms with van der Waals surface area (Å²) in [4.78, 5) is 0. The molecule has 144 valence electrons. The molecule has 0 fully saturated rings. The number of nitrogens with one attached hydrogen (secondary N) is 1. The normalized spacial score (nSPS) is 11.8. The van der Waals surface area contributed by atoms with Gasteiger partial charge in [0.25, 0.3) is 0 Å². The van der Waals surface area contributed by atoms with Crippen LogP contribution < -0.4 is 0 Å². The Balaban J connectivity index is 1.96. The molecule has 1 heterocycles. The molecule has 3 aromatic rings. The molecule has 2 N–H and O–H groups in total. The fourth-order valence-corrected chi connectivity index (χ4v) is 3.04. The lowest BCUT2D eigenvalue weighted by Gasteiger charge is -2.18. The van der Waals surface area contributed by atoms with E-state index in [-0.39, 0.29) is 11.2 Å². The zero-order chi connectivity index (χ0) is 20.3. The molecule has 0 aliphatic rings. The monoisotopic (exact) mass is 392 g/mol. The first-order valence-electron chi connectivity index (χ1n) is 9.05. The van der Waals surface area contributed by atoms with Crippen LogP contribution in [0.3, 0.4) is 0 Å². The molecule has 28 heavy (non-hydrogen) atoms. The third kappa shape index (κ3) is 4.12. The summed E-state index contributed by atoms with van der Waals surface area (Å²) in [5.74, 6) is 0.806. The van der Waals surface area contributed by atoms with Crippen molar-refractivity contribution in [2.45, 2.75) is 32.6 Å². The van der Waals surface area contributed by atoms with Crippen LogP contribution in [0.15, 0.2) is 60.2 Å². The third-order valence-electron chi connectivity index (χ3n) is 4.49. The van der Waals surface area contributed by atoms with Gasteiger partial charge < -0.3 is 5.11 Å². The highest BCUT2D eigenvalue weighted by molar-refractivity contribution is 7.71. The molecule has 2 aromatic carbocycles. The molecule has 0 unspecified atom stereocenters. The number of aromatic nitrogens is 3. The van der Waals surface area contributed by atoms with Crippen LogP contribution in [0.25, 0.3) is 11.4 Å². The molecule has 0 radical (unpaired) electrons. The van der Waals surface area contributed by atoms with Crippen molar-refractivity contribution in [3.8, 4) is 17.1 Å². The molecule has 0 aliphatic heterocycles. The van der Waals surface area contributed by atoms with Gasteiger partial charge in [-0.15, -0.1) is 6.58 Å². The zero-order valence-electron chi connectivity index (χ0n) is 16.3. The molecule has 0 amide bonds. The SMILES string of the molecule is C=CCc1cccc(/C=N/n2c(-c3ccc(C(C)(C)C)cc3)n[nH]c2=S)c1O. The van der Waals surface area contributed by atoms with Crippen molar-refractivity contribution in [1.29, 1.82) is 0 Å². The molecule has 5 nitrogen and oxygen atoms in total. The van der Waals surface area contributed by atoms with Gasteiger partial charge in [0.2, 0.25) is 4.77 Å². The first-order chi connectivity index (χ1) is 13.3. The van der Waals surface area contributed by atoms with E-state index in [2.05, 4.69) is 54.8 Å². The van der Waals surface area contributed by atoms with Crippen LogP contribution in [0.2, 0.25) is 0 Å². The summed E-state index contributed by atoms with van der Waals surface area (Å²) in [6.45, 7) is 10.2. The van der Waals surface area contributed by atoms with Gasteiger partial charge in [-0.1, -0.05) is 63.2 Å². The lowest BCUT2D eigenvalue weighted by Crippen LogP contribution is -2.10. The van der Waals surface area contributed by atoms with E-state index in [1.165, 1.54) is 5.56 Å². The number of phenolic OH excluding ortho intramolecular Hbond substituents is 1. The van der Waals surface area contributed by atoms with Gasteiger partial charge in [-0.25, -0.2) is 5.10 Å². The molecule has 0 aliphatic carbocycles. The Morgan fingerprint density at radius 1 is 1.21 bits per heavy atom. The van der Waals surface area contributed by atoms with Crippen LogP contribution in [0, 0.1) is 4.77 Å². The maximum Gasteiger partial charge on any atom is 0.216 e. The lowest BCUT2D eigenvalue weighted by atomic mass is 9.87. The number of para-hydroxylation sites is 1. The predicted molar refractivity (Wildman–Crippen MR) is 117 cm³/mol. The van der Waals surface area contributed by atoms with E-state index in [0.717, 1.165) is 11.1 Å². The van der Waals surface area contributed by atoms with Crippen molar-refractivity contribution in [2.75, 3.05) is 0 Å². The van der Waals surface area contributed by atoms with Crippen molar-refractivity contribution in [1.82, 2.24) is 14.9 Å². The van der Waals surface area contributed by atoms with E-state index < -0.39 is 0 Å². The first kappa shape index (κ1) is 19.8. The van der Waals surface area contributed by atoms with Gasteiger partial charge in [-0.3, -0.25) is 0 Å². The summed E-state index contributed by atoms with van der Waals surface area (Å²) < 4.78 is 1.94. The molecule has 0 saturated heterocycles. The fourth-order valence-electron chi connectivity index (χ4n) is 2.86. The molecule has 3 rings (SSSR count). The summed E-state index contributed by atoms with van der Waals surface area (Å²) in [6.07, 6.45) is 3.92. The minimum atomic E-state index is 0.0788. The Labute approximate surface area is 170 Å². The van der Waals surface area contributed by atoms with Gasteiger partial charge in [0.05, 0.1) is 6.21 Å². The Bertz CT molecular complexity index is 1070. The average Bonchev–Trinajstić information content (AvgIpc) is 3.02. The number of allylic oxidation sites excluding steroid dienone is 1. The molecule has 0 bridgehead atoms. The van der Waals surface area contributed by atoms with Crippen LogP contribution in [-0.2, 0) is 11.8 Å². The minimum Gasteiger partial charge on any atom is -0.507 e. The van der Waals surface area contributed by atoms with Gasteiger partial charge in [0, 0.05) is 11.1 Å². The maximum absolute atomic E-state index is 10.4. The predicted octanol–water partition coefficient (Wildman–Crippen LogP) is 5.22. The van der Waals surface area contributed by atoms with E-state index in [4.69, 9.17) is 12.2 Å². The number of benzene rings is 2. The van der Waals surface area contributed by atoms with Crippen molar-refractivity contribution < 1.29 is 5.11 Å². The van der Waals surface area contributed by atoms with E-state index >= 15 is 0 Å². The standard InChI is InChI=1S/C22H24N4OS/c1-5-7-15-8-6-9-17(19(15)27)14-23-26-20(24-25-21(26)28)16-10-12-18(13-11-16)22(2,3)4/h5-6,8-14,27H,1,7H2,2-4H3,(H,25,28)/b23-14+. The Hall–Kier alpha value is -2.99. The van der Waals surface area contributed by atoms with E-state index in [1.807, 2.05) is 24.3 Å². The highest BCUT2D eigenvalue weighted by Crippen LogP contribution is 2.26. The van der Waals surface area contributed by atoms with E-state index in [9.17, 15) is 5.11 Å². The average molecular weight is 393 g/mol. The fraction of sp³-hybridized carbons (Fsp3) is 0.227. The molecular weight excluding hydrogens is 368 g/mol. The van der Waals surface area contributed by atoms with E-state index in [1.54, 1.807) is 23.0 Å². The first-order valence-corrected chi connectivity index (χ1v) is 9.46. The number of hydrogen-bond acceptors (Lipinski definition) is 4. The number of aromatic amines is 1. The van der Waals surface area contributed by atoms with Gasteiger partial charge in [-0.2, -0.15) is 14.9 Å². The van der Waals surface area contributed by atoms with Crippen molar-refractivity contribution in [2.24, 2.45) is 5.10 Å². The summed E-state index contributed by atoms with van der Waals surface area (Å²) >= 11 is 5.33. The number of aromatic hydroxyl groups is 1. The van der Waals surface area contributed by atoms with Crippen LogP contribution in [0.1, 0.15) is 37.5 Å². The second-order valence-electron chi connectivity index (χ2n) is 7.58. The van der Waals surface area contributed by atoms with Crippen molar-refractivity contribution >= 4 is 18.4 Å². The zero-order valence-corrected chi connectivity index (χ0v) is 17.1. The van der Waals surface area contributed by atoms with Gasteiger partial charge in [0.1, 0.15) is 5.75 Å². The number of hydrogen-bond donors (Lipinski definition) is 2. The summed E-state index contributed by atoms with van der Waals surface area (Å²) in [6, 6.07) is 13.7. The van der Waals surface area contributed by atoms with Gasteiger partial charge in [0.15, 0.2) is 5.82 Å². The van der Waals surface area contributed by atoms with Gasteiger partial charge in [-0.05, 0) is 41.2 Å². The Morgan fingerprint density at radius 3 is 2.57 bits per heavy atom. The van der Waals surface area contributed by atoms with Crippen LogP contribution in [-0.4, -0.2) is 26.2 Å².